The van der Waals surface area contributed by atoms with Crippen LogP contribution in [0, 0.1) is 11.7 Å². The summed E-state index contributed by atoms with van der Waals surface area (Å²) in [6.45, 7) is 1.67. The van der Waals surface area contributed by atoms with Gasteiger partial charge in [-0.05, 0) is 43.0 Å². The van der Waals surface area contributed by atoms with Gasteiger partial charge < -0.3 is 24.7 Å². The Morgan fingerprint density at radius 3 is 2.86 bits per heavy atom. The van der Waals surface area contributed by atoms with Crippen LogP contribution in [0.2, 0.25) is 5.02 Å². The molecular formula is C26H26ClFN6O3. The average Bonchev–Trinajstić information content (AvgIpc) is 3.35. The second kappa shape index (κ2) is 10.6. The van der Waals surface area contributed by atoms with E-state index in [1.54, 1.807) is 43.8 Å². The molecule has 1 aromatic carbocycles. The topological polar surface area (TPSA) is 105 Å². The Labute approximate surface area is 218 Å². The number of aromatic amines is 1. The first-order valence-corrected chi connectivity index (χ1v) is 12.3. The van der Waals surface area contributed by atoms with Gasteiger partial charge in [0.25, 0.3) is 5.91 Å². The molecule has 4 heterocycles. The molecule has 3 aromatic heterocycles. The van der Waals surface area contributed by atoms with Crippen LogP contribution in [0.1, 0.15) is 23.2 Å². The van der Waals surface area contributed by atoms with Crippen molar-refractivity contribution in [1.82, 2.24) is 24.8 Å². The SMILES string of the molecule is COc1ccc(C(=O)N2CCC[C@@H](CNc3nc(-c4c[nH]c5ncc(Cl)cc45)ncc3F)C2)cc1OC. The van der Waals surface area contributed by atoms with Crippen molar-refractivity contribution < 1.29 is 18.7 Å². The first-order valence-electron chi connectivity index (χ1n) is 11.9. The van der Waals surface area contributed by atoms with Crippen molar-refractivity contribution in [2.75, 3.05) is 39.2 Å². The quantitative estimate of drug-likeness (QED) is 0.358. The first kappa shape index (κ1) is 24.8. The minimum absolute atomic E-state index is 0.0761. The molecule has 4 aromatic rings. The van der Waals surface area contributed by atoms with Gasteiger partial charge in [0.1, 0.15) is 5.65 Å². The van der Waals surface area contributed by atoms with Crippen molar-refractivity contribution in [3.05, 3.63) is 59.3 Å². The number of aromatic nitrogens is 4. The summed E-state index contributed by atoms with van der Waals surface area (Å²) in [6, 6.07) is 6.91. The van der Waals surface area contributed by atoms with E-state index >= 15 is 0 Å². The second-order valence-electron chi connectivity index (χ2n) is 8.85. The van der Waals surface area contributed by atoms with E-state index in [1.165, 1.54) is 7.11 Å². The number of hydrogen-bond donors (Lipinski definition) is 2. The number of hydrogen-bond acceptors (Lipinski definition) is 7. The number of anilines is 1. The van der Waals surface area contributed by atoms with Crippen LogP contribution in [0.5, 0.6) is 11.5 Å². The lowest BCUT2D eigenvalue weighted by Crippen LogP contribution is -2.41. The van der Waals surface area contributed by atoms with Crippen LogP contribution >= 0.6 is 11.6 Å². The van der Waals surface area contributed by atoms with Crippen molar-refractivity contribution >= 4 is 34.4 Å². The maximum Gasteiger partial charge on any atom is 0.254 e. The zero-order chi connectivity index (χ0) is 25.9. The number of pyridine rings is 1. The molecule has 0 bridgehead atoms. The van der Waals surface area contributed by atoms with Gasteiger partial charge in [-0.1, -0.05) is 11.6 Å². The smallest absolute Gasteiger partial charge is 0.254 e. The van der Waals surface area contributed by atoms with Crippen LogP contribution in [-0.4, -0.2) is 64.6 Å². The Morgan fingerprint density at radius 1 is 1.22 bits per heavy atom. The predicted molar refractivity (Wildman–Crippen MR) is 139 cm³/mol. The minimum atomic E-state index is -0.547. The van der Waals surface area contributed by atoms with Crippen molar-refractivity contribution in [2.45, 2.75) is 12.8 Å². The maximum absolute atomic E-state index is 14.6. The number of halogens is 2. The lowest BCUT2D eigenvalue weighted by Gasteiger charge is -2.33. The van der Waals surface area contributed by atoms with Crippen molar-refractivity contribution in [3.63, 3.8) is 0 Å². The summed E-state index contributed by atoms with van der Waals surface area (Å²) in [7, 11) is 3.09. The molecule has 0 spiro atoms. The molecule has 0 unspecified atom stereocenters. The van der Waals surface area contributed by atoms with Gasteiger partial charge in [0.2, 0.25) is 0 Å². The van der Waals surface area contributed by atoms with E-state index in [2.05, 4.69) is 25.3 Å². The van der Waals surface area contributed by atoms with Crippen LogP contribution in [0.4, 0.5) is 10.2 Å². The standard InChI is InChI=1S/C26H26ClFN6O3/c1-36-21-6-5-16(8-22(21)37-2)26(35)34-7-3-4-15(14-34)10-29-25-20(28)13-32-24(33-25)19-12-31-23-18(19)9-17(27)11-30-23/h5-6,8-9,11-13,15H,3-4,7,10,14H2,1-2H3,(H,30,31)(H,29,32,33)/t15-/m0/s1. The van der Waals surface area contributed by atoms with E-state index in [1.807, 2.05) is 4.90 Å². The molecule has 1 aliphatic heterocycles. The van der Waals surface area contributed by atoms with E-state index < -0.39 is 5.82 Å². The second-order valence-corrected chi connectivity index (χ2v) is 9.29. The summed E-state index contributed by atoms with van der Waals surface area (Å²) in [6.07, 6.45) is 6.19. The number of benzene rings is 1. The van der Waals surface area contributed by atoms with Crippen LogP contribution in [0.25, 0.3) is 22.4 Å². The highest BCUT2D eigenvalue weighted by Crippen LogP contribution is 2.30. The molecule has 2 N–H and O–H groups in total. The minimum Gasteiger partial charge on any atom is -0.493 e. The molecule has 11 heteroatoms. The van der Waals surface area contributed by atoms with E-state index in [4.69, 9.17) is 21.1 Å². The van der Waals surface area contributed by atoms with Crippen LogP contribution in [-0.2, 0) is 0 Å². The third-order valence-electron chi connectivity index (χ3n) is 6.48. The van der Waals surface area contributed by atoms with E-state index in [9.17, 15) is 9.18 Å². The molecule has 0 saturated carbocycles. The Morgan fingerprint density at radius 2 is 2.05 bits per heavy atom. The third-order valence-corrected chi connectivity index (χ3v) is 6.68. The third kappa shape index (κ3) is 5.15. The monoisotopic (exact) mass is 524 g/mol. The first-order chi connectivity index (χ1) is 18.0. The number of carbonyl (C=O) groups excluding carboxylic acids is 1. The summed E-state index contributed by atoms with van der Waals surface area (Å²) in [5, 5.41) is 4.36. The number of H-pyrrole nitrogens is 1. The van der Waals surface area contributed by atoms with Gasteiger partial charge in [0.05, 0.1) is 25.4 Å². The van der Waals surface area contributed by atoms with Crippen molar-refractivity contribution in [1.29, 1.82) is 0 Å². The number of ether oxygens (including phenoxy) is 2. The van der Waals surface area contributed by atoms with Gasteiger partial charge in [-0.3, -0.25) is 4.79 Å². The average molecular weight is 525 g/mol. The highest BCUT2D eigenvalue weighted by atomic mass is 35.5. The zero-order valence-corrected chi connectivity index (χ0v) is 21.2. The lowest BCUT2D eigenvalue weighted by atomic mass is 9.97. The molecule has 1 atom stereocenters. The number of piperidine rings is 1. The van der Waals surface area contributed by atoms with Gasteiger partial charge in [0, 0.05) is 48.5 Å². The number of nitrogens with zero attached hydrogens (tertiary/aromatic N) is 4. The highest BCUT2D eigenvalue weighted by molar-refractivity contribution is 6.31. The molecule has 37 heavy (non-hydrogen) atoms. The van der Waals surface area contributed by atoms with E-state index in [0.717, 1.165) is 24.4 Å². The number of methoxy groups -OCH3 is 2. The molecule has 5 rings (SSSR count). The van der Waals surface area contributed by atoms with Crippen LogP contribution in [0.3, 0.4) is 0 Å². The molecule has 0 aliphatic carbocycles. The van der Waals surface area contributed by atoms with Crippen LogP contribution < -0.4 is 14.8 Å². The van der Waals surface area contributed by atoms with Crippen LogP contribution in [0.15, 0.2) is 42.9 Å². The molecule has 0 radical (unpaired) electrons. The summed E-state index contributed by atoms with van der Waals surface area (Å²) in [5.74, 6) is 1.05. The predicted octanol–water partition coefficient (Wildman–Crippen LogP) is 4.79. The molecular weight excluding hydrogens is 499 g/mol. The number of likely N-dealkylation sites (tertiary alicyclic amines) is 1. The van der Waals surface area contributed by atoms with Gasteiger partial charge >= 0.3 is 0 Å². The summed E-state index contributed by atoms with van der Waals surface area (Å²) in [4.78, 5) is 30.9. The van der Waals surface area contributed by atoms with E-state index in [-0.39, 0.29) is 17.6 Å². The lowest BCUT2D eigenvalue weighted by molar-refractivity contribution is 0.0679. The normalized spacial score (nSPS) is 15.6. The fraction of sp³-hybridized carbons (Fsp3) is 0.308. The maximum atomic E-state index is 14.6. The molecule has 9 nitrogen and oxygen atoms in total. The molecule has 192 valence electrons. The zero-order valence-electron chi connectivity index (χ0n) is 20.4. The van der Waals surface area contributed by atoms with Gasteiger partial charge in [-0.2, -0.15) is 0 Å². The fourth-order valence-electron chi connectivity index (χ4n) is 4.59. The number of carbonyl (C=O) groups is 1. The fourth-order valence-corrected chi connectivity index (χ4v) is 4.75. The number of nitrogens with one attached hydrogen (secondary N) is 2. The Kier molecular flexibility index (Phi) is 7.09. The Hall–Kier alpha value is -3.92. The number of fused-ring (bicyclic) bond motifs is 1. The Balaban J connectivity index is 1.28. The number of rotatable bonds is 7. The number of amides is 1. The summed E-state index contributed by atoms with van der Waals surface area (Å²) < 4.78 is 25.2. The molecule has 1 saturated heterocycles. The largest absolute Gasteiger partial charge is 0.493 e. The molecule has 1 aliphatic rings. The van der Waals surface area contributed by atoms with Crippen molar-refractivity contribution in [3.8, 4) is 22.9 Å². The van der Waals surface area contributed by atoms with Gasteiger partial charge in [-0.15, -0.1) is 0 Å². The highest BCUT2D eigenvalue weighted by Gasteiger charge is 2.26. The molecule has 1 amide bonds. The summed E-state index contributed by atoms with van der Waals surface area (Å²) >= 11 is 6.10. The van der Waals surface area contributed by atoms with Crippen molar-refractivity contribution in [2.24, 2.45) is 5.92 Å². The van der Waals surface area contributed by atoms with E-state index in [0.29, 0.717) is 58.8 Å². The Bertz CT molecular complexity index is 1450. The van der Waals surface area contributed by atoms with Gasteiger partial charge in [-0.25, -0.2) is 19.3 Å². The summed E-state index contributed by atoms with van der Waals surface area (Å²) in [5.41, 5.74) is 1.85. The van der Waals surface area contributed by atoms with Gasteiger partial charge in [0.15, 0.2) is 29.0 Å². The molecule has 1 fully saturated rings.